The van der Waals surface area contributed by atoms with E-state index in [4.69, 9.17) is 17.0 Å². The largest absolute Gasteiger partial charge is 0.495 e. The standard InChI is InChI=1S/C19H17N3O2S/c1-24-17-7-3-2-6-16(17)21-13-8-10-14(11-9-13)22-18(23)15-5-4-12-20-19(15)25/h2-12,21H,1H3,(H,20,25)(H,22,23). The number of methoxy groups -OCH3 is 1. The van der Waals surface area contributed by atoms with E-state index in [0.717, 1.165) is 17.1 Å². The fraction of sp³-hybridized carbons (Fsp3) is 0.0526. The van der Waals surface area contributed by atoms with Gasteiger partial charge >= 0.3 is 0 Å². The summed E-state index contributed by atoms with van der Waals surface area (Å²) >= 11 is 5.12. The molecule has 0 saturated carbocycles. The molecule has 3 rings (SSSR count). The van der Waals surface area contributed by atoms with E-state index in [1.807, 2.05) is 48.5 Å². The van der Waals surface area contributed by atoms with Gasteiger partial charge in [0.25, 0.3) is 5.91 Å². The molecule has 2 aromatic carbocycles. The molecule has 0 unspecified atom stereocenters. The fourth-order valence-corrected chi connectivity index (χ4v) is 2.57. The SMILES string of the molecule is COc1ccccc1Nc1ccc(NC(=O)c2ccc[nH]c2=S)cc1. The number of pyridine rings is 1. The lowest BCUT2D eigenvalue weighted by molar-refractivity contribution is 0.102. The lowest BCUT2D eigenvalue weighted by Crippen LogP contribution is -2.12. The number of aromatic amines is 1. The van der Waals surface area contributed by atoms with Crippen molar-refractivity contribution >= 4 is 35.2 Å². The number of para-hydroxylation sites is 2. The van der Waals surface area contributed by atoms with Gasteiger partial charge in [0.2, 0.25) is 0 Å². The summed E-state index contributed by atoms with van der Waals surface area (Å²) in [5.41, 5.74) is 2.89. The van der Waals surface area contributed by atoms with Gasteiger partial charge in [-0.15, -0.1) is 0 Å². The number of hydrogen-bond acceptors (Lipinski definition) is 4. The summed E-state index contributed by atoms with van der Waals surface area (Å²) in [5, 5.41) is 6.12. The van der Waals surface area contributed by atoms with Gasteiger partial charge in [0, 0.05) is 17.6 Å². The minimum absolute atomic E-state index is 0.243. The van der Waals surface area contributed by atoms with Crippen molar-refractivity contribution in [3.8, 4) is 5.75 Å². The van der Waals surface area contributed by atoms with E-state index in [1.165, 1.54) is 0 Å². The zero-order valence-electron chi connectivity index (χ0n) is 13.6. The zero-order valence-corrected chi connectivity index (χ0v) is 14.4. The van der Waals surface area contributed by atoms with E-state index in [1.54, 1.807) is 25.4 Å². The first-order chi connectivity index (χ1) is 12.2. The summed E-state index contributed by atoms with van der Waals surface area (Å²) in [6, 6.07) is 18.5. The quantitative estimate of drug-likeness (QED) is 0.581. The predicted molar refractivity (Wildman–Crippen MR) is 102 cm³/mol. The Morgan fingerprint density at radius 3 is 2.44 bits per heavy atom. The molecule has 0 aliphatic rings. The van der Waals surface area contributed by atoms with Crippen LogP contribution in [0, 0.1) is 4.64 Å². The molecule has 3 aromatic rings. The van der Waals surface area contributed by atoms with Crippen molar-refractivity contribution in [3.63, 3.8) is 0 Å². The number of carbonyl (C=O) groups excluding carboxylic acids is 1. The van der Waals surface area contributed by atoms with E-state index >= 15 is 0 Å². The highest BCUT2D eigenvalue weighted by atomic mass is 32.1. The third kappa shape index (κ3) is 4.05. The summed E-state index contributed by atoms with van der Waals surface area (Å²) in [6.45, 7) is 0. The van der Waals surface area contributed by atoms with Crippen molar-refractivity contribution < 1.29 is 9.53 Å². The maximum atomic E-state index is 12.3. The van der Waals surface area contributed by atoms with E-state index in [0.29, 0.717) is 15.9 Å². The van der Waals surface area contributed by atoms with Gasteiger partial charge in [-0.1, -0.05) is 24.4 Å². The molecule has 0 aliphatic carbocycles. The molecule has 126 valence electrons. The van der Waals surface area contributed by atoms with Gasteiger partial charge in [-0.2, -0.15) is 0 Å². The molecule has 0 spiro atoms. The molecule has 1 aromatic heterocycles. The highest BCUT2D eigenvalue weighted by molar-refractivity contribution is 7.71. The molecule has 1 heterocycles. The molecule has 0 aliphatic heterocycles. The van der Waals surface area contributed by atoms with Crippen LogP contribution < -0.4 is 15.4 Å². The van der Waals surface area contributed by atoms with E-state index in [2.05, 4.69) is 15.6 Å². The Bertz CT molecular complexity index is 936. The lowest BCUT2D eigenvalue weighted by Gasteiger charge is -2.11. The molecule has 0 radical (unpaired) electrons. The minimum atomic E-state index is -0.243. The van der Waals surface area contributed by atoms with Gasteiger partial charge in [-0.3, -0.25) is 4.79 Å². The molecule has 6 heteroatoms. The summed E-state index contributed by atoms with van der Waals surface area (Å²) in [4.78, 5) is 15.1. The van der Waals surface area contributed by atoms with Gasteiger partial charge in [0.15, 0.2) is 0 Å². The summed E-state index contributed by atoms with van der Waals surface area (Å²) in [5.74, 6) is 0.519. The lowest BCUT2D eigenvalue weighted by atomic mass is 10.2. The van der Waals surface area contributed by atoms with Crippen LogP contribution >= 0.6 is 12.2 Å². The van der Waals surface area contributed by atoms with Crippen molar-refractivity contribution in [2.75, 3.05) is 17.7 Å². The van der Waals surface area contributed by atoms with Crippen molar-refractivity contribution in [2.24, 2.45) is 0 Å². The van der Waals surface area contributed by atoms with Crippen LogP contribution in [-0.4, -0.2) is 18.0 Å². The van der Waals surface area contributed by atoms with Gasteiger partial charge in [-0.05, 0) is 48.5 Å². The van der Waals surface area contributed by atoms with Crippen LogP contribution in [0.25, 0.3) is 0 Å². The molecule has 0 saturated heterocycles. The summed E-state index contributed by atoms with van der Waals surface area (Å²) in [7, 11) is 1.63. The van der Waals surface area contributed by atoms with Gasteiger partial charge < -0.3 is 20.4 Å². The average Bonchev–Trinajstić information content (AvgIpc) is 2.64. The molecule has 3 N–H and O–H groups in total. The van der Waals surface area contributed by atoms with E-state index in [9.17, 15) is 4.79 Å². The molecule has 25 heavy (non-hydrogen) atoms. The van der Waals surface area contributed by atoms with E-state index < -0.39 is 0 Å². The smallest absolute Gasteiger partial charge is 0.258 e. The van der Waals surface area contributed by atoms with Gasteiger partial charge in [0.1, 0.15) is 10.4 Å². The highest BCUT2D eigenvalue weighted by Crippen LogP contribution is 2.27. The Labute approximate surface area is 150 Å². The maximum absolute atomic E-state index is 12.3. The number of H-pyrrole nitrogens is 1. The Hall–Kier alpha value is -3.12. The summed E-state index contributed by atoms with van der Waals surface area (Å²) in [6.07, 6.45) is 1.69. The zero-order chi connectivity index (χ0) is 17.6. The third-order valence-corrected chi connectivity index (χ3v) is 3.93. The number of aromatic nitrogens is 1. The maximum Gasteiger partial charge on any atom is 0.258 e. The Morgan fingerprint density at radius 2 is 1.72 bits per heavy atom. The van der Waals surface area contributed by atoms with Crippen LogP contribution in [0.5, 0.6) is 5.75 Å². The number of anilines is 3. The predicted octanol–water partition coefficient (Wildman–Crippen LogP) is 4.75. The van der Waals surface area contributed by atoms with Crippen LogP contribution in [-0.2, 0) is 0 Å². The highest BCUT2D eigenvalue weighted by Gasteiger charge is 2.08. The fourth-order valence-electron chi connectivity index (χ4n) is 2.34. The second kappa shape index (κ2) is 7.63. The number of benzene rings is 2. The number of nitrogens with one attached hydrogen (secondary N) is 3. The number of rotatable bonds is 5. The van der Waals surface area contributed by atoms with Crippen LogP contribution in [0.3, 0.4) is 0 Å². The van der Waals surface area contributed by atoms with E-state index in [-0.39, 0.29) is 5.91 Å². The first-order valence-electron chi connectivity index (χ1n) is 7.66. The van der Waals surface area contributed by atoms with Crippen molar-refractivity contribution in [2.45, 2.75) is 0 Å². The Morgan fingerprint density at radius 1 is 1.00 bits per heavy atom. The second-order valence-corrected chi connectivity index (χ2v) is 5.68. The molecular weight excluding hydrogens is 334 g/mol. The third-order valence-electron chi connectivity index (χ3n) is 3.59. The molecule has 0 fully saturated rings. The van der Waals surface area contributed by atoms with Crippen LogP contribution in [0.1, 0.15) is 10.4 Å². The number of hydrogen-bond donors (Lipinski definition) is 3. The number of amides is 1. The minimum Gasteiger partial charge on any atom is -0.495 e. The number of ether oxygens (including phenoxy) is 1. The molecule has 0 atom stereocenters. The Kier molecular flexibility index (Phi) is 5.11. The van der Waals surface area contributed by atoms with Gasteiger partial charge in [-0.25, -0.2) is 0 Å². The van der Waals surface area contributed by atoms with Crippen molar-refractivity contribution in [3.05, 3.63) is 77.1 Å². The second-order valence-electron chi connectivity index (χ2n) is 5.27. The molecule has 0 bridgehead atoms. The molecule has 5 nitrogen and oxygen atoms in total. The molecule has 1 amide bonds. The first kappa shape index (κ1) is 16.7. The Balaban J connectivity index is 1.71. The van der Waals surface area contributed by atoms with Crippen molar-refractivity contribution in [1.82, 2.24) is 4.98 Å². The molecular formula is C19H17N3O2S. The first-order valence-corrected chi connectivity index (χ1v) is 8.07. The number of carbonyl (C=O) groups is 1. The normalized spacial score (nSPS) is 10.1. The van der Waals surface area contributed by atoms with Crippen LogP contribution in [0.4, 0.5) is 17.1 Å². The van der Waals surface area contributed by atoms with Crippen LogP contribution in [0.2, 0.25) is 0 Å². The van der Waals surface area contributed by atoms with Gasteiger partial charge in [0.05, 0.1) is 18.4 Å². The topological polar surface area (TPSA) is 66.2 Å². The van der Waals surface area contributed by atoms with Crippen molar-refractivity contribution in [1.29, 1.82) is 0 Å². The summed E-state index contributed by atoms with van der Waals surface area (Å²) < 4.78 is 5.73. The monoisotopic (exact) mass is 351 g/mol. The average molecular weight is 351 g/mol. The van der Waals surface area contributed by atoms with Crippen LogP contribution in [0.15, 0.2) is 66.9 Å².